The lowest BCUT2D eigenvalue weighted by atomic mass is 9.99. The van der Waals surface area contributed by atoms with E-state index in [1.807, 2.05) is 66.3 Å². The third-order valence-electron chi connectivity index (χ3n) is 8.38. The number of ether oxygens (including phenoxy) is 2. The van der Waals surface area contributed by atoms with Gasteiger partial charge in [0.2, 0.25) is 11.8 Å². The molecule has 4 aromatic rings. The molecule has 5 rings (SSSR count). The number of rotatable bonds is 16. The van der Waals surface area contributed by atoms with Gasteiger partial charge in [0.1, 0.15) is 0 Å². The average Bonchev–Trinajstić information content (AvgIpc) is 3.55. The fourth-order valence-electron chi connectivity index (χ4n) is 5.68. The maximum Gasteiger partial charge on any atom is 0.243 e. The molecule has 1 aliphatic heterocycles. The van der Waals surface area contributed by atoms with Crippen LogP contribution in [0.1, 0.15) is 79.6 Å². The zero-order chi connectivity index (χ0) is 33.7. The van der Waals surface area contributed by atoms with Crippen LogP contribution in [0, 0.1) is 0 Å². The maximum atomic E-state index is 12.4. The molecular weight excluding hydrogens is 628 g/mol. The monoisotopic (exact) mass is 672 g/mol. The van der Waals surface area contributed by atoms with Crippen LogP contribution in [-0.4, -0.2) is 43.5 Å². The summed E-state index contributed by atoms with van der Waals surface area (Å²) >= 11 is 1.67. The number of aliphatic hydroxyl groups excluding tert-OH is 1. The minimum absolute atomic E-state index is 0.00159. The van der Waals surface area contributed by atoms with Crippen molar-refractivity contribution in [2.75, 3.05) is 5.75 Å². The van der Waals surface area contributed by atoms with E-state index in [2.05, 4.69) is 34.6 Å². The van der Waals surface area contributed by atoms with E-state index in [-0.39, 0.29) is 37.0 Å². The molecule has 0 aliphatic carbocycles. The number of aromatic nitrogens is 2. The summed E-state index contributed by atoms with van der Waals surface area (Å²) in [6.07, 6.45) is 7.47. The second-order valence-electron chi connectivity index (χ2n) is 12.0. The molecule has 0 unspecified atom stereocenters. The zero-order valence-electron chi connectivity index (χ0n) is 27.2. The number of amides is 2. The highest BCUT2D eigenvalue weighted by molar-refractivity contribution is 7.99. The molecule has 254 valence electrons. The van der Waals surface area contributed by atoms with Gasteiger partial charge in [0.25, 0.3) is 0 Å². The third kappa shape index (κ3) is 10.2. The van der Waals surface area contributed by atoms with Gasteiger partial charge in [-0.1, -0.05) is 85.3 Å². The van der Waals surface area contributed by atoms with Crippen molar-refractivity contribution in [2.45, 2.75) is 81.8 Å². The van der Waals surface area contributed by atoms with Gasteiger partial charge in [-0.3, -0.25) is 14.8 Å². The van der Waals surface area contributed by atoms with Crippen molar-refractivity contribution in [1.29, 1.82) is 0 Å². The van der Waals surface area contributed by atoms with E-state index in [9.17, 15) is 14.7 Å². The Balaban J connectivity index is 1.22. The van der Waals surface area contributed by atoms with Crippen LogP contribution in [0.2, 0.25) is 0 Å². The summed E-state index contributed by atoms with van der Waals surface area (Å²) in [5, 5.41) is 22.0. The van der Waals surface area contributed by atoms with Crippen molar-refractivity contribution < 1.29 is 29.4 Å². The number of thioether (sulfide) groups is 1. The highest BCUT2D eigenvalue weighted by atomic mass is 32.2. The quantitative estimate of drug-likeness (QED) is 0.0466. The van der Waals surface area contributed by atoms with Crippen LogP contribution in [0.15, 0.2) is 90.3 Å². The molecule has 1 aromatic heterocycles. The van der Waals surface area contributed by atoms with Crippen molar-refractivity contribution in [3.8, 4) is 11.1 Å². The smallest absolute Gasteiger partial charge is 0.243 e. The average molecular weight is 673 g/mol. The second-order valence-corrected chi connectivity index (χ2v) is 13.0. The van der Waals surface area contributed by atoms with Crippen LogP contribution in [0.3, 0.4) is 0 Å². The van der Waals surface area contributed by atoms with Gasteiger partial charge >= 0.3 is 0 Å². The molecule has 0 saturated carbocycles. The summed E-state index contributed by atoms with van der Waals surface area (Å²) < 4.78 is 15.1. The molecule has 2 heterocycles. The summed E-state index contributed by atoms with van der Waals surface area (Å²) in [7, 11) is 1.98. The topological polar surface area (TPSA) is 135 Å². The van der Waals surface area contributed by atoms with E-state index in [1.54, 1.807) is 23.4 Å². The van der Waals surface area contributed by atoms with Crippen LogP contribution in [-0.2, 0) is 39.3 Å². The molecule has 3 aromatic carbocycles. The molecule has 4 N–H and O–H groups in total. The number of imidazole rings is 1. The molecular formula is C37H44N4O6S. The number of hydroxylamine groups is 1. The molecule has 10 nitrogen and oxygen atoms in total. The van der Waals surface area contributed by atoms with Crippen LogP contribution >= 0.6 is 11.8 Å². The molecule has 48 heavy (non-hydrogen) atoms. The molecule has 3 atom stereocenters. The Morgan fingerprint density at radius 3 is 2.33 bits per heavy atom. The van der Waals surface area contributed by atoms with Crippen molar-refractivity contribution in [1.82, 2.24) is 20.3 Å². The molecule has 0 spiro atoms. The largest absolute Gasteiger partial charge is 0.392 e. The summed E-state index contributed by atoms with van der Waals surface area (Å²) in [5.74, 6) is 0.346. The fourth-order valence-corrected chi connectivity index (χ4v) is 6.63. The number of aliphatic hydroxyl groups is 1. The number of carbonyl (C=O) groups is 2. The van der Waals surface area contributed by atoms with Crippen molar-refractivity contribution in [3.05, 3.63) is 107 Å². The predicted octanol–water partition coefficient (Wildman–Crippen LogP) is 6.38. The number of hydrogen-bond donors (Lipinski definition) is 4. The van der Waals surface area contributed by atoms with Crippen LogP contribution in [0.5, 0.6) is 0 Å². The van der Waals surface area contributed by atoms with Gasteiger partial charge in [0.05, 0.1) is 18.8 Å². The number of hydrogen-bond acceptors (Lipinski definition) is 8. The summed E-state index contributed by atoms with van der Waals surface area (Å²) in [4.78, 5) is 28.0. The Bertz CT molecular complexity index is 1630. The van der Waals surface area contributed by atoms with E-state index in [4.69, 9.17) is 14.7 Å². The van der Waals surface area contributed by atoms with Gasteiger partial charge in [-0.2, -0.15) is 0 Å². The number of nitrogens with zero attached hydrogens (tertiary/aromatic N) is 2. The van der Waals surface area contributed by atoms with Gasteiger partial charge in [-0.15, -0.1) is 0 Å². The molecule has 1 fully saturated rings. The van der Waals surface area contributed by atoms with Crippen molar-refractivity contribution in [3.63, 3.8) is 0 Å². The lowest BCUT2D eigenvalue weighted by Gasteiger charge is -2.36. The molecule has 0 bridgehead atoms. The molecule has 1 aliphatic rings. The predicted molar refractivity (Wildman–Crippen MR) is 184 cm³/mol. The third-order valence-corrected chi connectivity index (χ3v) is 9.57. The SMILES string of the molecule is Cn1ccnc1SC[C@@H]1C[C@H](c2ccc(CO)cc2)O[C@H](c2cccc(-c3cccc(CNC(=O)CCCCCCC(=O)NO)c3)c2)O1. The van der Waals surface area contributed by atoms with Crippen molar-refractivity contribution >= 4 is 23.6 Å². The van der Waals surface area contributed by atoms with Gasteiger partial charge in [0.15, 0.2) is 11.4 Å². The number of nitrogens with one attached hydrogen (secondary N) is 2. The zero-order valence-corrected chi connectivity index (χ0v) is 28.0. The van der Waals surface area contributed by atoms with Crippen molar-refractivity contribution in [2.24, 2.45) is 7.05 Å². The summed E-state index contributed by atoms with van der Waals surface area (Å²) in [6, 6.07) is 24.3. The highest BCUT2D eigenvalue weighted by Crippen LogP contribution is 2.40. The molecule has 11 heteroatoms. The van der Waals surface area contributed by atoms with Crippen LogP contribution < -0.4 is 10.8 Å². The van der Waals surface area contributed by atoms with E-state index < -0.39 is 6.29 Å². The first kappa shape index (κ1) is 35.3. The fraction of sp³-hybridized carbons (Fsp3) is 0.378. The first-order valence-corrected chi connectivity index (χ1v) is 17.4. The van der Waals surface area contributed by atoms with Gasteiger partial charge in [-0.05, 0) is 52.8 Å². The summed E-state index contributed by atoms with van der Waals surface area (Å²) in [5.41, 5.74) is 7.53. The first-order valence-electron chi connectivity index (χ1n) is 16.4. The Labute approximate surface area is 285 Å². The van der Waals surface area contributed by atoms with E-state index in [0.717, 1.165) is 63.6 Å². The second kappa shape index (κ2) is 18.0. The minimum Gasteiger partial charge on any atom is -0.392 e. The van der Waals surface area contributed by atoms with Gasteiger partial charge in [-0.25, -0.2) is 10.5 Å². The van der Waals surface area contributed by atoms with E-state index in [0.29, 0.717) is 25.8 Å². The highest BCUT2D eigenvalue weighted by Gasteiger charge is 2.32. The van der Waals surface area contributed by atoms with Gasteiger partial charge in [0, 0.05) is 56.6 Å². The first-order chi connectivity index (χ1) is 23.4. The molecule has 2 amide bonds. The number of benzene rings is 3. The summed E-state index contributed by atoms with van der Waals surface area (Å²) in [6.45, 7) is 0.432. The molecule has 0 radical (unpaired) electrons. The number of aryl methyl sites for hydroxylation is 1. The van der Waals surface area contributed by atoms with E-state index >= 15 is 0 Å². The lowest BCUT2D eigenvalue weighted by Crippen LogP contribution is -2.31. The normalized spacial score (nSPS) is 17.6. The Morgan fingerprint density at radius 1 is 0.896 bits per heavy atom. The number of unbranched alkanes of at least 4 members (excludes halogenated alkanes) is 3. The Kier molecular flexibility index (Phi) is 13.2. The Morgan fingerprint density at radius 2 is 1.62 bits per heavy atom. The Hall–Kier alpha value is -4.00. The maximum absolute atomic E-state index is 12.4. The minimum atomic E-state index is -0.567. The standard InChI is InChI=1S/C37H44N4O6S/c1-41-19-18-38-37(41)48-25-32-22-33(28-16-14-26(24-42)15-17-28)47-36(46-32)31-11-7-10-30(21-31)29-9-6-8-27(20-29)23-39-34(43)12-4-2-3-5-13-35(44)40-45/h6-11,14-21,32-33,36,42,45H,2-5,12-13,22-25H2,1H3,(H,39,43)(H,40,44)/t32-,33+,36+/m0/s1. The van der Waals surface area contributed by atoms with Crippen LogP contribution in [0.25, 0.3) is 11.1 Å². The molecule has 1 saturated heterocycles. The lowest BCUT2D eigenvalue weighted by molar-refractivity contribution is -0.245. The van der Waals surface area contributed by atoms with Crippen LogP contribution in [0.4, 0.5) is 0 Å². The van der Waals surface area contributed by atoms with E-state index in [1.165, 1.54) is 0 Å². The number of carbonyl (C=O) groups excluding carboxylic acids is 2. The van der Waals surface area contributed by atoms with Gasteiger partial charge < -0.3 is 24.5 Å².